The summed E-state index contributed by atoms with van der Waals surface area (Å²) >= 11 is 6.15. The van der Waals surface area contributed by atoms with Gasteiger partial charge in [-0.15, -0.1) is 0 Å². The monoisotopic (exact) mass is 292 g/mol. The van der Waals surface area contributed by atoms with E-state index >= 15 is 0 Å². The number of aromatic nitrogens is 1. The lowest BCUT2D eigenvalue weighted by Crippen LogP contribution is -2.34. The summed E-state index contributed by atoms with van der Waals surface area (Å²) < 4.78 is 4.89. The van der Waals surface area contributed by atoms with Gasteiger partial charge in [-0.1, -0.05) is 23.2 Å². The normalized spacial score (nSPS) is 12.4. The van der Waals surface area contributed by atoms with E-state index in [0.717, 1.165) is 22.0 Å². The lowest BCUT2D eigenvalue weighted by atomic mass is 10.0. The van der Waals surface area contributed by atoms with Crippen molar-refractivity contribution in [2.24, 2.45) is 5.73 Å². The van der Waals surface area contributed by atoms with Gasteiger partial charge in [0.1, 0.15) is 11.2 Å². The number of rotatable bonds is 4. The summed E-state index contributed by atoms with van der Waals surface area (Å²) in [6, 6.07) is 7.13. The number of hydrogen-bond donors (Lipinski definition) is 1. The van der Waals surface area contributed by atoms with E-state index in [1.165, 1.54) is 0 Å². The Labute approximate surface area is 122 Å². The zero-order chi connectivity index (χ0) is 14.7. The molecule has 1 atom stereocenters. The van der Waals surface area contributed by atoms with Crippen LogP contribution >= 0.6 is 11.6 Å². The Morgan fingerprint density at radius 3 is 2.90 bits per heavy atom. The summed E-state index contributed by atoms with van der Waals surface area (Å²) in [5.41, 5.74) is 8.54. The van der Waals surface area contributed by atoms with Crippen molar-refractivity contribution in [1.29, 1.82) is 0 Å². The minimum Gasteiger partial charge on any atom is -0.465 e. The van der Waals surface area contributed by atoms with Crippen molar-refractivity contribution < 1.29 is 9.53 Å². The van der Waals surface area contributed by atoms with Crippen LogP contribution in [0, 0.1) is 6.92 Å². The van der Waals surface area contributed by atoms with Gasteiger partial charge in [0, 0.05) is 11.8 Å². The third kappa shape index (κ3) is 3.26. The Kier molecular flexibility index (Phi) is 4.57. The summed E-state index contributed by atoms with van der Waals surface area (Å²) in [4.78, 5) is 15.9. The number of nitrogens with zero attached hydrogens (tertiary/aromatic N) is 1. The van der Waals surface area contributed by atoms with Gasteiger partial charge in [-0.3, -0.25) is 4.79 Å². The number of carbonyl (C=O) groups is 1. The van der Waals surface area contributed by atoms with Crippen molar-refractivity contribution in [3.05, 3.63) is 40.5 Å². The maximum absolute atomic E-state index is 11.6. The molecule has 20 heavy (non-hydrogen) atoms. The first-order valence-corrected chi connectivity index (χ1v) is 6.87. The van der Waals surface area contributed by atoms with Crippen LogP contribution in [0.15, 0.2) is 24.3 Å². The van der Waals surface area contributed by atoms with E-state index in [0.29, 0.717) is 18.2 Å². The second-order valence-electron chi connectivity index (χ2n) is 4.70. The Balaban J connectivity index is 2.29. The quantitative estimate of drug-likeness (QED) is 0.695. The molecule has 0 fully saturated rings. The van der Waals surface area contributed by atoms with Gasteiger partial charge in [0.15, 0.2) is 0 Å². The molecule has 1 aromatic heterocycles. The van der Waals surface area contributed by atoms with Gasteiger partial charge in [0.2, 0.25) is 0 Å². The van der Waals surface area contributed by atoms with Gasteiger partial charge in [0.25, 0.3) is 0 Å². The van der Waals surface area contributed by atoms with E-state index < -0.39 is 12.0 Å². The predicted molar refractivity (Wildman–Crippen MR) is 79.8 cm³/mol. The lowest BCUT2D eigenvalue weighted by Gasteiger charge is -2.12. The van der Waals surface area contributed by atoms with Gasteiger partial charge in [-0.05, 0) is 37.6 Å². The van der Waals surface area contributed by atoms with Crippen molar-refractivity contribution >= 4 is 28.5 Å². The number of carbonyl (C=O) groups excluding carboxylic acids is 1. The van der Waals surface area contributed by atoms with Crippen LogP contribution < -0.4 is 5.73 Å². The fourth-order valence-corrected chi connectivity index (χ4v) is 2.25. The standard InChI is InChI=1S/C15H17ClN2O2/c1-3-20-15(19)12(17)8-11-7-10-6-9(2)4-5-13(10)18-14(11)16/h4-7,12H,3,8,17H2,1-2H3. The SMILES string of the molecule is CCOC(=O)C(N)Cc1cc2cc(C)ccc2nc1Cl. The molecular formula is C15H17ClN2O2. The predicted octanol–water partition coefficient (Wildman–Crippen LogP) is 2.63. The highest BCUT2D eigenvalue weighted by Crippen LogP contribution is 2.22. The second kappa shape index (κ2) is 6.20. The molecule has 0 saturated carbocycles. The van der Waals surface area contributed by atoms with E-state index in [1.54, 1.807) is 6.92 Å². The molecule has 1 heterocycles. The number of fused-ring (bicyclic) bond motifs is 1. The van der Waals surface area contributed by atoms with Crippen LogP contribution in [0.5, 0.6) is 0 Å². The number of esters is 1. The Hall–Kier alpha value is -1.65. The summed E-state index contributed by atoms with van der Waals surface area (Å²) in [6.07, 6.45) is 0.314. The number of aryl methyl sites for hydroxylation is 1. The first-order chi connectivity index (χ1) is 9.51. The van der Waals surface area contributed by atoms with Gasteiger partial charge >= 0.3 is 5.97 Å². The van der Waals surface area contributed by atoms with E-state index in [9.17, 15) is 4.79 Å². The molecule has 0 aliphatic carbocycles. The minimum absolute atomic E-state index is 0.314. The molecular weight excluding hydrogens is 276 g/mol. The smallest absolute Gasteiger partial charge is 0.323 e. The third-order valence-corrected chi connectivity index (χ3v) is 3.35. The molecule has 1 aromatic carbocycles. The molecule has 106 valence electrons. The van der Waals surface area contributed by atoms with Crippen LogP contribution in [-0.4, -0.2) is 23.6 Å². The van der Waals surface area contributed by atoms with Crippen molar-refractivity contribution in [2.45, 2.75) is 26.3 Å². The maximum atomic E-state index is 11.6. The zero-order valence-electron chi connectivity index (χ0n) is 11.5. The van der Waals surface area contributed by atoms with Crippen molar-refractivity contribution in [3.63, 3.8) is 0 Å². The highest BCUT2D eigenvalue weighted by atomic mass is 35.5. The first kappa shape index (κ1) is 14.8. The van der Waals surface area contributed by atoms with Crippen molar-refractivity contribution in [1.82, 2.24) is 4.98 Å². The largest absolute Gasteiger partial charge is 0.465 e. The topological polar surface area (TPSA) is 65.2 Å². The fraction of sp³-hybridized carbons (Fsp3) is 0.333. The van der Waals surface area contributed by atoms with Crippen LogP contribution in [0.4, 0.5) is 0 Å². The second-order valence-corrected chi connectivity index (χ2v) is 5.06. The fourth-order valence-electron chi connectivity index (χ4n) is 2.03. The van der Waals surface area contributed by atoms with Crippen LogP contribution in [0.2, 0.25) is 5.15 Å². The molecule has 0 saturated heterocycles. The average molecular weight is 293 g/mol. The molecule has 0 bridgehead atoms. The summed E-state index contributed by atoms with van der Waals surface area (Å²) in [5, 5.41) is 1.36. The van der Waals surface area contributed by atoms with E-state index in [4.69, 9.17) is 22.1 Å². The van der Waals surface area contributed by atoms with Crippen molar-refractivity contribution in [2.75, 3.05) is 6.61 Å². The lowest BCUT2D eigenvalue weighted by molar-refractivity contribution is -0.144. The molecule has 2 rings (SSSR count). The molecule has 1 unspecified atom stereocenters. The number of benzene rings is 1. The molecule has 5 heteroatoms. The molecule has 0 aliphatic heterocycles. The number of halogens is 1. The van der Waals surface area contributed by atoms with Gasteiger partial charge in [-0.2, -0.15) is 0 Å². The van der Waals surface area contributed by atoms with Crippen LogP contribution in [0.1, 0.15) is 18.1 Å². The van der Waals surface area contributed by atoms with E-state index in [1.807, 2.05) is 31.2 Å². The molecule has 2 aromatic rings. The number of ether oxygens (including phenoxy) is 1. The van der Waals surface area contributed by atoms with Gasteiger partial charge in [0.05, 0.1) is 12.1 Å². The molecule has 4 nitrogen and oxygen atoms in total. The van der Waals surface area contributed by atoms with Crippen LogP contribution in [-0.2, 0) is 16.0 Å². The van der Waals surface area contributed by atoms with E-state index in [-0.39, 0.29) is 0 Å². The van der Waals surface area contributed by atoms with Crippen LogP contribution in [0.3, 0.4) is 0 Å². The molecule has 0 radical (unpaired) electrons. The maximum Gasteiger partial charge on any atom is 0.323 e. The van der Waals surface area contributed by atoms with E-state index in [2.05, 4.69) is 4.98 Å². The van der Waals surface area contributed by atoms with Gasteiger partial charge < -0.3 is 10.5 Å². The molecule has 2 N–H and O–H groups in total. The van der Waals surface area contributed by atoms with Gasteiger partial charge in [-0.25, -0.2) is 4.98 Å². The Morgan fingerprint density at radius 1 is 1.45 bits per heavy atom. The molecule has 0 spiro atoms. The van der Waals surface area contributed by atoms with Crippen LogP contribution in [0.25, 0.3) is 10.9 Å². The molecule has 0 amide bonds. The number of nitrogens with two attached hydrogens (primary N) is 1. The molecule has 0 aliphatic rings. The Morgan fingerprint density at radius 2 is 2.20 bits per heavy atom. The number of pyridine rings is 1. The third-order valence-electron chi connectivity index (χ3n) is 3.03. The zero-order valence-corrected chi connectivity index (χ0v) is 12.3. The Bertz CT molecular complexity index is 643. The van der Waals surface area contributed by atoms with Crippen molar-refractivity contribution in [3.8, 4) is 0 Å². The number of hydrogen-bond acceptors (Lipinski definition) is 4. The summed E-state index contributed by atoms with van der Waals surface area (Å²) in [7, 11) is 0. The highest BCUT2D eigenvalue weighted by Gasteiger charge is 2.17. The highest BCUT2D eigenvalue weighted by molar-refractivity contribution is 6.30. The first-order valence-electron chi connectivity index (χ1n) is 6.49. The summed E-state index contributed by atoms with van der Waals surface area (Å²) in [5.74, 6) is -0.423. The average Bonchev–Trinajstić information content (AvgIpc) is 2.40. The summed E-state index contributed by atoms with van der Waals surface area (Å²) in [6.45, 7) is 4.07. The minimum atomic E-state index is -0.725.